The SMILES string of the molecule is O=c1cc(Cn2c(-c3cccnc3)nc3ccccc32)c2cccc(F)c2[nH]1. The average Bonchev–Trinajstić information content (AvgIpc) is 3.08. The van der Waals surface area contributed by atoms with Crippen LogP contribution in [0, 0.1) is 5.82 Å². The van der Waals surface area contributed by atoms with Crippen molar-refractivity contribution in [3.05, 3.63) is 94.8 Å². The van der Waals surface area contributed by atoms with Gasteiger partial charge in [-0.05, 0) is 35.9 Å². The first-order valence-electron chi connectivity index (χ1n) is 8.87. The summed E-state index contributed by atoms with van der Waals surface area (Å²) in [6.07, 6.45) is 3.47. The number of para-hydroxylation sites is 3. The average molecular weight is 370 g/mol. The van der Waals surface area contributed by atoms with Gasteiger partial charge in [-0.3, -0.25) is 9.78 Å². The van der Waals surface area contributed by atoms with Gasteiger partial charge in [-0.15, -0.1) is 0 Å². The topological polar surface area (TPSA) is 63.6 Å². The Bertz CT molecular complexity index is 1370. The molecule has 5 nitrogen and oxygen atoms in total. The first-order valence-corrected chi connectivity index (χ1v) is 8.87. The van der Waals surface area contributed by atoms with Gasteiger partial charge in [-0.2, -0.15) is 0 Å². The molecule has 0 unspecified atom stereocenters. The lowest BCUT2D eigenvalue weighted by molar-refractivity contribution is 0.636. The minimum absolute atomic E-state index is 0.220. The van der Waals surface area contributed by atoms with Gasteiger partial charge in [0.1, 0.15) is 11.6 Å². The summed E-state index contributed by atoms with van der Waals surface area (Å²) < 4.78 is 16.3. The van der Waals surface area contributed by atoms with Crippen molar-refractivity contribution in [2.24, 2.45) is 0 Å². The Morgan fingerprint density at radius 3 is 2.79 bits per heavy atom. The van der Waals surface area contributed by atoms with Crippen LogP contribution in [0.4, 0.5) is 4.39 Å². The molecular weight excluding hydrogens is 355 g/mol. The lowest BCUT2D eigenvalue weighted by Crippen LogP contribution is -2.11. The number of nitrogens with zero attached hydrogens (tertiary/aromatic N) is 3. The normalized spacial score (nSPS) is 11.3. The van der Waals surface area contributed by atoms with Gasteiger partial charge in [0.05, 0.1) is 23.1 Å². The highest BCUT2D eigenvalue weighted by Crippen LogP contribution is 2.27. The van der Waals surface area contributed by atoms with Crippen molar-refractivity contribution in [3.8, 4) is 11.4 Å². The molecule has 28 heavy (non-hydrogen) atoms. The van der Waals surface area contributed by atoms with Crippen molar-refractivity contribution in [1.29, 1.82) is 0 Å². The number of H-pyrrole nitrogens is 1. The summed E-state index contributed by atoms with van der Waals surface area (Å²) in [5.41, 5.74) is 3.27. The fraction of sp³-hybridized carbons (Fsp3) is 0.0455. The number of aromatic amines is 1. The highest BCUT2D eigenvalue weighted by atomic mass is 19.1. The molecule has 0 fully saturated rings. The number of halogens is 1. The van der Waals surface area contributed by atoms with Crippen LogP contribution in [0.5, 0.6) is 0 Å². The number of imidazole rings is 1. The first-order chi connectivity index (χ1) is 13.7. The quantitative estimate of drug-likeness (QED) is 0.519. The van der Waals surface area contributed by atoms with Crippen molar-refractivity contribution in [3.63, 3.8) is 0 Å². The fourth-order valence-corrected chi connectivity index (χ4v) is 3.57. The molecule has 0 atom stereocenters. The summed E-state index contributed by atoms with van der Waals surface area (Å²) >= 11 is 0. The minimum Gasteiger partial charge on any atom is -0.319 e. The van der Waals surface area contributed by atoms with Gasteiger partial charge in [-0.1, -0.05) is 24.3 Å². The van der Waals surface area contributed by atoms with E-state index in [0.717, 1.165) is 28.0 Å². The second-order valence-corrected chi connectivity index (χ2v) is 6.57. The predicted octanol–water partition coefficient (Wildman–Crippen LogP) is 4.13. The standard InChI is InChI=1S/C22H15FN4O/c23-17-7-3-6-16-15(11-20(28)26-21(16)17)13-27-19-9-2-1-8-18(19)25-22(27)14-5-4-10-24-12-14/h1-12H,13H2,(H,26,28). The van der Waals surface area contributed by atoms with Gasteiger partial charge in [0.25, 0.3) is 0 Å². The van der Waals surface area contributed by atoms with Gasteiger partial charge in [0.2, 0.25) is 5.56 Å². The third-order valence-electron chi connectivity index (χ3n) is 4.82. The molecule has 0 amide bonds. The second-order valence-electron chi connectivity index (χ2n) is 6.57. The Morgan fingerprint density at radius 1 is 1.04 bits per heavy atom. The summed E-state index contributed by atoms with van der Waals surface area (Å²) in [7, 11) is 0. The van der Waals surface area contributed by atoms with E-state index in [1.165, 1.54) is 12.1 Å². The number of nitrogens with one attached hydrogen (secondary N) is 1. The van der Waals surface area contributed by atoms with E-state index < -0.39 is 5.82 Å². The van der Waals surface area contributed by atoms with Crippen LogP contribution in [0.25, 0.3) is 33.3 Å². The van der Waals surface area contributed by atoms with Crippen LogP contribution in [0.1, 0.15) is 5.56 Å². The van der Waals surface area contributed by atoms with Crippen LogP contribution in [-0.4, -0.2) is 19.5 Å². The van der Waals surface area contributed by atoms with E-state index in [1.807, 2.05) is 47.0 Å². The largest absolute Gasteiger partial charge is 0.319 e. The molecule has 3 aromatic heterocycles. The number of rotatable bonds is 3. The molecule has 0 saturated carbocycles. The molecule has 2 aromatic carbocycles. The van der Waals surface area contributed by atoms with Gasteiger partial charge >= 0.3 is 0 Å². The molecule has 3 heterocycles. The van der Waals surface area contributed by atoms with Crippen molar-refractivity contribution in [2.45, 2.75) is 6.54 Å². The van der Waals surface area contributed by atoms with E-state index >= 15 is 0 Å². The molecule has 6 heteroatoms. The summed E-state index contributed by atoms with van der Waals surface area (Å²) in [6, 6.07) is 17.9. The number of fused-ring (bicyclic) bond motifs is 2. The number of hydrogen-bond acceptors (Lipinski definition) is 3. The van der Waals surface area contributed by atoms with Crippen molar-refractivity contribution < 1.29 is 4.39 Å². The van der Waals surface area contributed by atoms with Crippen molar-refractivity contribution in [2.75, 3.05) is 0 Å². The maximum Gasteiger partial charge on any atom is 0.248 e. The van der Waals surface area contributed by atoms with Crippen LogP contribution in [0.3, 0.4) is 0 Å². The van der Waals surface area contributed by atoms with E-state index in [9.17, 15) is 9.18 Å². The number of pyridine rings is 2. The number of aromatic nitrogens is 4. The monoisotopic (exact) mass is 370 g/mol. The molecule has 0 spiro atoms. The molecule has 1 N–H and O–H groups in total. The fourth-order valence-electron chi connectivity index (χ4n) is 3.57. The summed E-state index contributed by atoms with van der Waals surface area (Å²) in [5, 5.41) is 0.675. The molecule has 0 aliphatic rings. The zero-order valence-corrected chi connectivity index (χ0v) is 14.8. The van der Waals surface area contributed by atoms with Gasteiger partial charge in [0.15, 0.2) is 0 Å². The number of hydrogen-bond donors (Lipinski definition) is 1. The van der Waals surface area contributed by atoms with Crippen molar-refractivity contribution in [1.82, 2.24) is 19.5 Å². The Labute approximate surface area is 159 Å². The highest BCUT2D eigenvalue weighted by Gasteiger charge is 2.15. The van der Waals surface area contributed by atoms with E-state index in [0.29, 0.717) is 11.9 Å². The smallest absolute Gasteiger partial charge is 0.248 e. The van der Waals surface area contributed by atoms with Crippen LogP contribution in [0.2, 0.25) is 0 Å². The molecule has 136 valence electrons. The number of benzene rings is 2. The zero-order chi connectivity index (χ0) is 19.1. The lowest BCUT2D eigenvalue weighted by atomic mass is 10.1. The van der Waals surface area contributed by atoms with E-state index in [4.69, 9.17) is 4.98 Å². The highest BCUT2D eigenvalue weighted by molar-refractivity contribution is 5.84. The van der Waals surface area contributed by atoms with Crippen LogP contribution < -0.4 is 5.56 Å². The summed E-state index contributed by atoms with van der Waals surface area (Å²) in [6.45, 7) is 0.384. The maximum absolute atomic E-state index is 14.2. The van der Waals surface area contributed by atoms with E-state index in [-0.39, 0.29) is 11.1 Å². The molecule has 0 radical (unpaired) electrons. The Balaban J connectivity index is 1.76. The Kier molecular flexibility index (Phi) is 3.76. The van der Waals surface area contributed by atoms with Crippen LogP contribution in [0.15, 0.2) is 77.9 Å². The summed E-state index contributed by atoms with van der Waals surface area (Å²) in [4.78, 5) is 23.7. The predicted molar refractivity (Wildman–Crippen MR) is 107 cm³/mol. The second kappa shape index (κ2) is 6.42. The third-order valence-corrected chi connectivity index (χ3v) is 4.82. The Hall–Kier alpha value is -3.80. The third kappa shape index (κ3) is 2.66. The molecule has 5 rings (SSSR count). The van der Waals surface area contributed by atoms with Crippen molar-refractivity contribution >= 4 is 21.9 Å². The molecule has 0 saturated heterocycles. The molecule has 5 aromatic rings. The molecule has 0 aliphatic heterocycles. The maximum atomic E-state index is 14.2. The van der Waals surface area contributed by atoms with E-state index in [2.05, 4.69) is 9.97 Å². The van der Waals surface area contributed by atoms with Crippen LogP contribution in [-0.2, 0) is 6.54 Å². The zero-order valence-electron chi connectivity index (χ0n) is 14.8. The van der Waals surface area contributed by atoms with Crippen LogP contribution >= 0.6 is 0 Å². The lowest BCUT2D eigenvalue weighted by Gasteiger charge is -2.12. The van der Waals surface area contributed by atoms with E-state index in [1.54, 1.807) is 18.5 Å². The minimum atomic E-state index is -0.445. The Morgan fingerprint density at radius 2 is 1.93 bits per heavy atom. The molecule has 0 bridgehead atoms. The summed E-state index contributed by atoms with van der Waals surface area (Å²) in [5.74, 6) is 0.304. The molecular formula is C22H15FN4O. The van der Waals surface area contributed by atoms with Gasteiger partial charge in [-0.25, -0.2) is 9.37 Å². The van der Waals surface area contributed by atoms with Gasteiger partial charge in [0, 0.05) is 29.4 Å². The van der Waals surface area contributed by atoms with Gasteiger partial charge < -0.3 is 9.55 Å². The molecule has 0 aliphatic carbocycles. The first kappa shape index (κ1) is 16.4.